The van der Waals surface area contributed by atoms with Crippen molar-refractivity contribution >= 4 is 39.0 Å². The summed E-state index contributed by atoms with van der Waals surface area (Å²) in [5.41, 5.74) is 6.81. The number of rotatable bonds is 6. The number of ether oxygens (including phenoxy) is 1. The van der Waals surface area contributed by atoms with Crippen LogP contribution >= 0.6 is 11.3 Å². The first-order valence-corrected chi connectivity index (χ1v) is 10.7. The molecule has 0 aliphatic heterocycles. The van der Waals surface area contributed by atoms with Crippen LogP contribution in [-0.4, -0.2) is 35.1 Å². The number of amides is 1. The molecule has 1 aliphatic carbocycles. The number of benzene rings is 1. The first-order chi connectivity index (χ1) is 14.5. The van der Waals surface area contributed by atoms with Crippen molar-refractivity contribution in [1.82, 2.24) is 15.3 Å². The molecule has 3 aromatic rings. The smallest absolute Gasteiger partial charge is 0.259 e. The SMILES string of the molecule is CN[C@@H]1CCC[C@@H](Oc2cc(F)ccc2Nc2ncnc3sc(C(N)=O)c(C)c23)C1. The first kappa shape index (κ1) is 20.5. The van der Waals surface area contributed by atoms with Gasteiger partial charge in [-0.25, -0.2) is 14.4 Å². The topological polar surface area (TPSA) is 102 Å². The molecule has 0 radical (unpaired) electrons. The van der Waals surface area contributed by atoms with Gasteiger partial charge in [0.2, 0.25) is 0 Å². The number of nitrogens with one attached hydrogen (secondary N) is 2. The fraction of sp³-hybridized carbons (Fsp3) is 0.381. The third-order valence-corrected chi connectivity index (χ3v) is 6.69. The maximum absolute atomic E-state index is 14.0. The van der Waals surface area contributed by atoms with Crippen molar-refractivity contribution < 1.29 is 13.9 Å². The van der Waals surface area contributed by atoms with E-state index in [-0.39, 0.29) is 11.9 Å². The van der Waals surface area contributed by atoms with Crippen molar-refractivity contribution in [3.63, 3.8) is 0 Å². The normalized spacial score (nSPS) is 19.0. The van der Waals surface area contributed by atoms with E-state index < -0.39 is 5.91 Å². The van der Waals surface area contributed by atoms with E-state index in [0.29, 0.717) is 33.0 Å². The number of primary amides is 1. The Hall–Kier alpha value is -2.78. The van der Waals surface area contributed by atoms with E-state index >= 15 is 0 Å². The van der Waals surface area contributed by atoms with Gasteiger partial charge in [-0.3, -0.25) is 4.79 Å². The third-order valence-electron chi connectivity index (χ3n) is 5.48. The summed E-state index contributed by atoms with van der Waals surface area (Å²) >= 11 is 1.23. The van der Waals surface area contributed by atoms with Crippen LogP contribution in [0.4, 0.5) is 15.9 Å². The predicted molar refractivity (Wildman–Crippen MR) is 116 cm³/mol. The molecule has 0 spiro atoms. The molecule has 158 valence electrons. The molecule has 0 saturated heterocycles. The maximum Gasteiger partial charge on any atom is 0.259 e. The van der Waals surface area contributed by atoms with Gasteiger partial charge in [-0.15, -0.1) is 11.3 Å². The molecule has 2 heterocycles. The number of thiophene rings is 1. The number of fused-ring (bicyclic) bond motifs is 1. The van der Waals surface area contributed by atoms with Crippen LogP contribution in [0.3, 0.4) is 0 Å². The van der Waals surface area contributed by atoms with Gasteiger partial charge >= 0.3 is 0 Å². The van der Waals surface area contributed by atoms with Crippen molar-refractivity contribution in [2.45, 2.75) is 44.8 Å². The van der Waals surface area contributed by atoms with Gasteiger partial charge in [0.1, 0.15) is 34.6 Å². The molecule has 2 aromatic heterocycles. The second-order valence-corrected chi connectivity index (χ2v) is 8.48. The summed E-state index contributed by atoms with van der Waals surface area (Å²) in [6.07, 6.45) is 5.41. The number of hydrogen-bond donors (Lipinski definition) is 3. The van der Waals surface area contributed by atoms with Gasteiger partial charge in [-0.1, -0.05) is 0 Å². The van der Waals surface area contributed by atoms with E-state index in [1.165, 1.54) is 29.8 Å². The maximum atomic E-state index is 14.0. The lowest BCUT2D eigenvalue weighted by Crippen LogP contribution is -2.36. The van der Waals surface area contributed by atoms with Crippen LogP contribution < -0.4 is 21.1 Å². The summed E-state index contributed by atoms with van der Waals surface area (Å²) in [7, 11) is 1.95. The van der Waals surface area contributed by atoms with Gasteiger partial charge in [-0.2, -0.15) is 0 Å². The molecule has 0 bridgehead atoms. The number of anilines is 2. The molecule has 1 fully saturated rings. The van der Waals surface area contributed by atoms with Crippen molar-refractivity contribution in [3.05, 3.63) is 40.8 Å². The van der Waals surface area contributed by atoms with Gasteiger partial charge < -0.3 is 21.1 Å². The zero-order valence-electron chi connectivity index (χ0n) is 16.9. The van der Waals surface area contributed by atoms with E-state index in [2.05, 4.69) is 20.6 Å². The average molecular weight is 430 g/mol. The largest absolute Gasteiger partial charge is 0.488 e. The summed E-state index contributed by atoms with van der Waals surface area (Å²) in [5.74, 6) is 0.0942. The minimum Gasteiger partial charge on any atom is -0.488 e. The van der Waals surface area contributed by atoms with Crippen LogP contribution in [0.2, 0.25) is 0 Å². The molecule has 30 heavy (non-hydrogen) atoms. The Labute approximate surface area is 177 Å². The fourth-order valence-corrected chi connectivity index (χ4v) is 4.92. The van der Waals surface area contributed by atoms with E-state index in [1.807, 2.05) is 14.0 Å². The molecular weight excluding hydrogens is 405 g/mol. The highest BCUT2D eigenvalue weighted by molar-refractivity contribution is 7.20. The number of nitrogens with zero attached hydrogens (tertiary/aromatic N) is 2. The van der Waals surface area contributed by atoms with Crippen molar-refractivity contribution in [2.24, 2.45) is 5.73 Å². The van der Waals surface area contributed by atoms with Crippen LogP contribution in [0.5, 0.6) is 5.75 Å². The van der Waals surface area contributed by atoms with E-state index in [0.717, 1.165) is 36.6 Å². The fourth-order valence-electron chi connectivity index (χ4n) is 3.92. The Bertz CT molecular complexity index is 1090. The molecule has 0 unspecified atom stereocenters. The molecule has 1 saturated carbocycles. The highest BCUT2D eigenvalue weighted by atomic mass is 32.1. The Balaban J connectivity index is 1.66. The van der Waals surface area contributed by atoms with Gasteiger partial charge in [0.25, 0.3) is 5.91 Å². The molecular formula is C21H24FN5O2S. The number of carbonyl (C=O) groups is 1. The van der Waals surface area contributed by atoms with Crippen molar-refractivity contribution in [2.75, 3.05) is 12.4 Å². The number of halogens is 1. The van der Waals surface area contributed by atoms with Crippen molar-refractivity contribution in [3.8, 4) is 5.75 Å². The monoisotopic (exact) mass is 429 g/mol. The molecule has 4 rings (SSSR count). The average Bonchev–Trinajstić information content (AvgIpc) is 3.08. The quantitative estimate of drug-likeness (QED) is 0.549. The standard InChI is InChI=1S/C21H24FN5O2S/c1-11-17-20(25-10-26-21(17)30-18(11)19(23)28)27-15-7-6-12(22)8-16(15)29-14-5-3-4-13(9-14)24-2/h6-8,10,13-14,24H,3-5,9H2,1-2H3,(H2,23,28)(H,25,26,27)/t13-,14-/m1/s1. The molecule has 7 nitrogen and oxygen atoms in total. The lowest BCUT2D eigenvalue weighted by Gasteiger charge is -2.30. The zero-order chi connectivity index (χ0) is 21.3. The zero-order valence-corrected chi connectivity index (χ0v) is 17.7. The van der Waals surface area contributed by atoms with E-state index in [1.54, 1.807) is 6.07 Å². The van der Waals surface area contributed by atoms with Crippen LogP contribution in [0, 0.1) is 12.7 Å². The Morgan fingerprint density at radius 1 is 1.33 bits per heavy atom. The summed E-state index contributed by atoms with van der Waals surface area (Å²) in [4.78, 5) is 21.4. The van der Waals surface area contributed by atoms with E-state index in [9.17, 15) is 9.18 Å². The lowest BCUT2D eigenvalue weighted by molar-refractivity contribution is 0.100. The summed E-state index contributed by atoms with van der Waals surface area (Å²) in [6, 6.07) is 4.79. The number of nitrogens with two attached hydrogens (primary N) is 1. The minimum atomic E-state index is -0.497. The Morgan fingerprint density at radius 2 is 2.17 bits per heavy atom. The van der Waals surface area contributed by atoms with Crippen LogP contribution in [0.25, 0.3) is 10.2 Å². The lowest BCUT2D eigenvalue weighted by atomic mass is 9.93. The highest BCUT2D eigenvalue weighted by Crippen LogP contribution is 2.37. The predicted octanol–water partition coefficient (Wildman–Crippen LogP) is 3.89. The molecule has 1 aromatic carbocycles. The third kappa shape index (κ3) is 4.08. The van der Waals surface area contributed by atoms with Crippen molar-refractivity contribution in [1.29, 1.82) is 0 Å². The Morgan fingerprint density at radius 3 is 2.93 bits per heavy atom. The van der Waals surface area contributed by atoms with Gasteiger partial charge in [0.05, 0.1) is 16.0 Å². The number of carbonyl (C=O) groups excluding carboxylic acids is 1. The molecule has 1 aliphatic rings. The molecule has 9 heteroatoms. The second-order valence-electron chi connectivity index (χ2n) is 7.48. The van der Waals surface area contributed by atoms with Crippen LogP contribution in [0.1, 0.15) is 40.9 Å². The first-order valence-electron chi connectivity index (χ1n) is 9.90. The molecule has 2 atom stereocenters. The highest BCUT2D eigenvalue weighted by Gasteiger charge is 2.24. The summed E-state index contributed by atoms with van der Waals surface area (Å²) in [6.45, 7) is 1.81. The van der Waals surface area contributed by atoms with Crippen LogP contribution in [-0.2, 0) is 0 Å². The molecule has 1 amide bonds. The summed E-state index contributed by atoms with van der Waals surface area (Å²) < 4.78 is 20.2. The van der Waals surface area contributed by atoms with Gasteiger partial charge in [0, 0.05) is 12.1 Å². The van der Waals surface area contributed by atoms with Gasteiger partial charge in [-0.05, 0) is 57.4 Å². The van der Waals surface area contributed by atoms with Gasteiger partial charge in [0.15, 0.2) is 0 Å². The van der Waals surface area contributed by atoms with E-state index in [4.69, 9.17) is 10.5 Å². The Kier molecular flexibility index (Phi) is 5.83. The minimum absolute atomic E-state index is 0.00770. The summed E-state index contributed by atoms with van der Waals surface area (Å²) in [5, 5.41) is 7.27. The van der Waals surface area contributed by atoms with Crippen LogP contribution in [0.15, 0.2) is 24.5 Å². The number of aryl methyl sites for hydroxylation is 1. The second kappa shape index (κ2) is 8.53. The number of hydrogen-bond acceptors (Lipinski definition) is 7. The number of aromatic nitrogens is 2. The molecule has 4 N–H and O–H groups in total.